The quantitative estimate of drug-likeness (QED) is 0.581. The van der Waals surface area contributed by atoms with E-state index in [0.717, 1.165) is 18.3 Å². The summed E-state index contributed by atoms with van der Waals surface area (Å²) in [5, 5.41) is 11.3. The van der Waals surface area contributed by atoms with E-state index in [-0.39, 0.29) is 12.4 Å². The molecule has 12 heteroatoms. The third kappa shape index (κ3) is 5.40. The highest BCUT2D eigenvalue weighted by Crippen LogP contribution is 2.32. The van der Waals surface area contributed by atoms with Gasteiger partial charge in [-0.2, -0.15) is 26.3 Å². The molecule has 0 aliphatic rings. The summed E-state index contributed by atoms with van der Waals surface area (Å²) in [7, 11) is 0. The number of rotatable bonds is 5. The van der Waals surface area contributed by atoms with Crippen molar-refractivity contribution >= 4 is 11.7 Å². The van der Waals surface area contributed by atoms with Gasteiger partial charge in [-0.1, -0.05) is 12.1 Å². The minimum absolute atomic E-state index is 0.0169. The number of alkyl halides is 6. The molecule has 1 aromatic carbocycles. The van der Waals surface area contributed by atoms with Gasteiger partial charge in [-0.25, -0.2) is 4.98 Å². The molecule has 2 heterocycles. The largest absolute Gasteiger partial charge is 0.418 e. The number of imidazole rings is 1. The molecule has 6 nitrogen and oxygen atoms in total. The van der Waals surface area contributed by atoms with Gasteiger partial charge in [-0.05, 0) is 23.8 Å². The number of hydrogen-bond donors (Lipinski definition) is 2. The Kier molecular flexibility index (Phi) is 6.02. The third-order valence-corrected chi connectivity index (χ3v) is 4.18. The number of benzene rings is 1. The zero-order valence-electron chi connectivity index (χ0n) is 15.5. The fraction of sp³-hybridized carbons (Fsp3) is 0.211. The highest BCUT2D eigenvalue weighted by atomic mass is 19.4. The first-order valence-electron chi connectivity index (χ1n) is 8.63. The first kappa shape index (κ1) is 22.3. The lowest BCUT2D eigenvalue weighted by Gasteiger charge is -2.12. The lowest BCUT2D eigenvalue weighted by molar-refractivity contribution is -0.139. The van der Waals surface area contributed by atoms with Gasteiger partial charge in [-0.3, -0.25) is 9.78 Å². The van der Waals surface area contributed by atoms with E-state index in [1.807, 2.05) is 0 Å². The lowest BCUT2D eigenvalue weighted by Crippen LogP contribution is -2.17. The molecule has 0 aliphatic heterocycles. The van der Waals surface area contributed by atoms with Crippen LogP contribution in [0.2, 0.25) is 0 Å². The maximum absolute atomic E-state index is 13.0. The van der Waals surface area contributed by atoms with Crippen molar-refractivity contribution in [2.24, 2.45) is 0 Å². The second kappa shape index (κ2) is 8.38. The zero-order valence-corrected chi connectivity index (χ0v) is 15.5. The molecule has 2 N–H and O–H groups in total. The van der Waals surface area contributed by atoms with Crippen LogP contribution in [-0.4, -0.2) is 25.5 Å². The first-order chi connectivity index (χ1) is 14.5. The topological polar surface area (TPSA) is 80.0 Å². The molecule has 3 aromatic rings. The summed E-state index contributed by atoms with van der Waals surface area (Å²) in [6.45, 7) is -0.922. The molecule has 0 radical (unpaired) electrons. The highest BCUT2D eigenvalue weighted by Gasteiger charge is 2.35. The van der Waals surface area contributed by atoms with Crippen molar-refractivity contribution in [3.05, 3.63) is 77.0 Å². The second-order valence-electron chi connectivity index (χ2n) is 6.46. The standard InChI is InChI=1S/C19H14F6N4O2/c20-18(21,22)13-3-1-2-11(4-13)7-29-8-16(27-10-29)28-17(31)12-5-14(19(23,24)25)15(9-30)26-6-12/h1-6,8,10,30H,7,9H2,(H,28,31). The van der Waals surface area contributed by atoms with Gasteiger partial charge in [0.05, 0.1) is 35.3 Å². The van der Waals surface area contributed by atoms with Gasteiger partial charge in [0.1, 0.15) is 0 Å². The van der Waals surface area contributed by atoms with E-state index in [1.54, 1.807) is 0 Å². The summed E-state index contributed by atoms with van der Waals surface area (Å²) in [6.07, 6.45) is -5.84. The number of aliphatic hydroxyl groups is 1. The van der Waals surface area contributed by atoms with E-state index in [9.17, 15) is 31.1 Å². The summed E-state index contributed by atoms with van der Waals surface area (Å²) in [5.74, 6) is -0.941. The minimum atomic E-state index is -4.81. The van der Waals surface area contributed by atoms with Gasteiger partial charge in [0.15, 0.2) is 5.82 Å². The van der Waals surface area contributed by atoms with E-state index in [1.165, 1.54) is 29.2 Å². The van der Waals surface area contributed by atoms with Crippen LogP contribution >= 0.6 is 0 Å². The molecule has 0 spiro atoms. The van der Waals surface area contributed by atoms with Gasteiger partial charge in [0.2, 0.25) is 0 Å². The number of carbonyl (C=O) groups excluding carboxylic acids is 1. The average molecular weight is 444 g/mol. The molecule has 3 rings (SSSR count). The number of nitrogens with zero attached hydrogens (tertiary/aromatic N) is 3. The predicted molar refractivity (Wildman–Crippen MR) is 95.9 cm³/mol. The number of anilines is 1. The Balaban J connectivity index is 1.74. The fourth-order valence-electron chi connectivity index (χ4n) is 2.75. The van der Waals surface area contributed by atoms with Crippen LogP contribution in [0.5, 0.6) is 0 Å². The maximum Gasteiger partial charge on any atom is 0.418 e. The van der Waals surface area contributed by atoms with Gasteiger partial charge < -0.3 is 15.0 Å². The van der Waals surface area contributed by atoms with Crippen LogP contribution in [0.1, 0.15) is 32.7 Å². The Bertz CT molecular complexity index is 1090. The van der Waals surface area contributed by atoms with E-state index in [2.05, 4.69) is 15.3 Å². The molecule has 0 bridgehead atoms. The lowest BCUT2D eigenvalue weighted by atomic mass is 10.1. The smallest absolute Gasteiger partial charge is 0.390 e. The zero-order chi connectivity index (χ0) is 22.8. The molecule has 2 aromatic heterocycles. The molecule has 0 fully saturated rings. The monoisotopic (exact) mass is 444 g/mol. The molecule has 0 saturated heterocycles. The summed E-state index contributed by atoms with van der Waals surface area (Å²) in [4.78, 5) is 19.6. The number of nitrogens with one attached hydrogen (secondary N) is 1. The molecule has 0 atom stereocenters. The molecule has 0 unspecified atom stereocenters. The Morgan fingerprint density at radius 2 is 1.81 bits per heavy atom. The molecular weight excluding hydrogens is 430 g/mol. The average Bonchev–Trinajstić information content (AvgIpc) is 3.13. The molecular formula is C19H14F6N4O2. The van der Waals surface area contributed by atoms with Crippen molar-refractivity contribution in [3.63, 3.8) is 0 Å². The maximum atomic E-state index is 13.0. The number of amides is 1. The van der Waals surface area contributed by atoms with E-state index < -0.39 is 47.3 Å². The summed E-state index contributed by atoms with van der Waals surface area (Å²) in [5.41, 5.74) is -2.73. The summed E-state index contributed by atoms with van der Waals surface area (Å²) < 4.78 is 79.0. The Morgan fingerprint density at radius 3 is 2.45 bits per heavy atom. The molecule has 164 valence electrons. The second-order valence-corrected chi connectivity index (χ2v) is 6.46. The van der Waals surface area contributed by atoms with Crippen LogP contribution in [0, 0.1) is 0 Å². The normalized spacial score (nSPS) is 12.1. The van der Waals surface area contributed by atoms with Crippen molar-refractivity contribution in [1.29, 1.82) is 0 Å². The van der Waals surface area contributed by atoms with Gasteiger partial charge in [0.25, 0.3) is 5.91 Å². The number of halogens is 6. The van der Waals surface area contributed by atoms with Gasteiger partial charge in [-0.15, -0.1) is 0 Å². The fourth-order valence-corrected chi connectivity index (χ4v) is 2.75. The van der Waals surface area contributed by atoms with Crippen molar-refractivity contribution < 1.29 is 36.2 Å². The molecule has 0 saturated carbocycles. The Morgan fingerprint density at radius 1 is 1.06 bits per heavy atom. The number of pyridine rings is 1. The minimum Gasteiger partial charge on any atom is -0.390 e. The Hall–Kier alpha value is -3.41. The van der Waals surface area contributed by atoms with Crippen molar-refractivity contribution in [2.75, 3.05) is 5.32 Å². The molecule has 0 aliphatic carbocycles. The van der Waals surface area contributed by atoms with E-state index >= 15 is 0 Å². The van der Waals surface area contributed by atoms with Crippen molar-refractivity contribution in [2.45, 2.75) is 25.5 Å². The van der Waals surface area contributed by atoms with Crippen LogP contribution in [0.4, 0.5) is 32.2 Å². The van der Waals surface area contributed by atoms with Crippen LogP contribution < -0.4 is 5.32 Å². The third-order valence-electron chi connectivity index (χ3n) is 4.18. The molecule has 1 amide bonds. The molecule has 31 heavy (non-hydrogen) atoms. The van der Waals surface area contributed by atoms with Crippen LogP contribution in [0.15, 0.2) is 49.1 Å². The summed E-state index contributed by atoms with van der Waals surface area (Å²) in [6, 6.07) is 5.23. The predicted octanol–water partition coefficient (Wildman–Crippen LogP) is 4.11. The van der Waals surface area contributed by atoms with Crippen molar-refractivity contribution in [1.82, 2.24) is 14.5 Å². The number of aromatic nitrogens is 3. The van der Waals surface area contributed by atoms with Crippen LogP contribution in [0.25, 0.3) is 0 Å². The Labute approximate surface area is 171 Å². The van der Waals surface area contributed by atoms with Gasteiger partial charge >= 0.3 is 12.4 Å². The highest BCUT2D eigenvalue weighted by molar-refractivity contribution is 6.03. The number of carbonyl (C=O) groups is 1. The number of hydrogen-bond acceptors (Lipinski definition) is 4. The summed E-state index contributed by atoms with van der Waals surface area (Å²) >= 11 is 0. The first-order valence-corrected chi connectivity index (χ1v) is 8.63. The van der Waals surface area contributed by atoms with Crippen LogP contribution in [0.3, 0.4) is 0 Å². The van der Waals surface area contributed by atoms with Crippen LogP contribution in [-0.2, 0) is 25.5 Å². The van der Waals surface area contributed by atoms with Crippen molar-refractivity contribution in [3.8, 4) is 0 Å². The SMILES string of the molecule is O=C(Nc1cn(Cc2cccc(C(F)(F)F)c2)cn1)c1cnc(CO)c(C(F)(F)F)c1. The van der Waals surface area contributed by atoms with E-state index in [0.29, 0.717) is 11.6 Å². The number of aliphatic hydroxyl groups excluding tert-OH is 1. The van der Waals surface area contributed by atoms with Gasteiger partial charge in [0, 0.05) is 18.9 Å². The van der Waals surface area contributed by atoms with E-state index in [4.69, 9.17) is 5.11 Å².